The first kappa shape index (κ1) is 13.1. The highest BCUT2D eigenvalue weighted by Crippen LogP contribution is 2.27. The summed E-state index contributed by atoms with van der Waals surface area (Å²) in [6.07, 6.45) is 0. The number of nitrogens with zero attached hydrogens (tertiary/aromatic N) is 2. The number of rotatable bonds is 3. The Morgan fingerprint density at radius 1 is 1.50 bits per heavy atom. The average Bonchev–Trinajstić information content (AvgIpc) is 2.70. The maximum absolute atomic E-state index is 12.7. The van der Waals surface area contributed by atoms with Gasteiger partial charge in [-0.3, -0.25) is 14.7 Å². The number of benzene rings is 1. The third-order valence-electron chi connectivity index (χ3n) is 2.46. The Bertz CT molecular complexity index is 488. The molecule has 0 N–H and O–H groups in total. The molecule has 0 aliphatic carbocycles. The highest BCUT2D eigenvalue weighted by molar-refractivity contribution is 8.15. The standard InChI is InChI=1S/C13H15FN2OS/c1-9(2)15-13-16(12(17)8-18-13)11-5-3-4-10(6-11)7-14/h3-6,9H,7-8H2,1-2H3/b15-13-. The molecule has 5 heteroatoms. The lowest BCUT2D eigenvalue weighted by Crippen LogP contribution is -2.29. The molecule has 1 amide bonds. The van der Waals surface area contributed by atoms with Crippen molar-refractivity contribution in [3.8, 4) is 0 Å². The number of amidine groups is 1. The predicted molar refractivity (Wildman–Crippen MR) is 73.8 cm³/mol. The minimum absolute atomic E-state index is 0.00425. The summed E-state index contributed by atoms with van der Waals surface area (Å²) in [6, 6.07) is 7.09. The topological polar surface area (TPSA) is 32.7 Å². The van der Waals surface area contributed by atoms with Gasteiger partial charge in [-0.25, -0.2) is 4.39 Å². The highest BCUT2D eigenvalue weighted by Gasteiger charge is 2.29. The Labute approximate surface area is 110 Å². The Morgan fingerprint density at radius 2 is 2.28 bits per heavy atom. The summed E-state index contributed by atoms with van der Waals surface area (Å²) < 4.78 is 12.7. The molecule has 1 aliphatic heterocycles. The van der Waals surface area contributed by atoms with E-state index in [-0.39, 0.29) is 11.9 Å². The molecule has 0 atom stereocenters. The van der Waals surface area contributed by atoms with Gasteiger partial charge in [-0.05, 0) is 31.5 Å². The molecule has 1 fully saturated rings. The van der Waals surface area contributed by atoms with Crippen molar-refractivity contribution in [2.75, 3.05) is 10.7 Å². The normalized spacial score (nSPS) is 18.1. The van der Waals surface area contributed by atoms with Crippen LogP contribution in [0.25, 0.3) is 0 Å². The van der Waals surface area contributed by atoms with Gasteiger partial charge >= 0.3 is 0 Å². The van der Waals surface area contributed by atoms with E-state index < -0.39 is 6.67 Å². The number of thioether (sulfide) groups is 1. The largest absolute Gasteiger partial charge is 0.273 e. The summed E-state index contributed by atoms with van der Waals surface area (Å²) in [7, 11) is 0. The van der Waals surface area contributed by atoms with E-state index >= 15 is 0 Å². The van der Waals surface area contributed by atoms with E-state index in [0.717, 1.165) is 0 Å². The van der Waals surface area contributed by atoms with Crippen LogP contribution in [0.3, 0.4) is 0 Å². The molecule has 2 rings (SSSR count). The molecule has 1 aromatic carbocycles. The van der Waals surface area contributed by atoms with Crippen LogP contribution in [-0.4, -0.2) is 22.9 Å². The van der Waals surface area contributed by atoms with Gasteiger partial charge in [-0.15, -0.1) is 0 Å². The van der Waals surface area contributed by atoms with Gasteiger partial charge in [0.1, 0.15) is 6.67 Å². The van der Waals surface area contributed by atoms with Crippen molar-refractivity contribution in [2.45, 2.75) is 26.6 Å². The van der Waals surface area contributed by atoms with Gasteiger partial charge in [0.2, 0.25) is 5.91 Å². The van der Waals surface area contributed by atoms with Crippen molar-refractivity contribution in [3.63, 3.8) is 0 Å². The van der Waals surface area contributed by atoms with Crippen LogP contribution in [0, 0.1) is 0 Å². The van der Waals surface area contributed by atoms with Crippen LogP contribution in [-0.2, 0) is 11.5 Å². The van der Waals surface area contributed by atoms with Crippen molar-refractivity contribution in [2.24, 2.45) is 4.99 Å². The van der Waals surface area contributed by atoms with E-state index in [0.29, 0.717) is 22.2 Å². The van der Waals surface area contributed by atoms with Gasteiger partial charge in [0.25, 0.3) is 0 Å². The van der Waals surface area contributed by atoms with E-state index in [4.69, 9.17) is 0 Å². The van der Waals surface area contributed by atoms with Crippen molar-refractivity contribution in [1.29, 1.82) is 0 Å². The number of aliphatic imine (C=N–C) groups is 1. The maximum Gasteiger partial charge on any atom is 0.243 e. The number of amides is 1. The molecule has 1 heterocycles. The number of carbonyl (C=O) groups is 1. The lowest BCUT2D eigenvalue weighted by molar-refractivity contribution is -0.115. The third kappa shape index (κ3) is 2.72. The van der Waals surface area contributed by atoms with Crippen molar-refractivity contribution >= 4 is 28.5 Å². The van der Waals surface area contributed by atoms with Gasteiger partial charge in [-0.1, -0.05) is 23.9 Å². The van der Waals surface area contributed by atoms with E-state index in [1.54, 1.807) is 29.2 Å². The average molecular weight is 266 g/mol. The summed E-state index contributed by atoms with van der Waals surface area (Å²) in [6.45, 7) is 3.40. The zero-order chi connectivity index (χ0) is 13.1. The van der Waals surface area contributed by atoms with E-state index in [1.165, 1.54) is 11.8 Å². The fraction of sp³-hybridized carbons (Fsp3) is 0.385. The van der Waals surface area contributed by atoms with E-state index in [9.17, 15) is 9.18 Å². The molecule has 3 nitrogen and oxygen atoms in total. The molecular formula is C13H15FN2OS. The second kappa shape index (κ2) is 5.52. The van der Waals surface area contributed by atoms with Crippen LogP contribution in [0.1, 0.15) is 19.4 Å². The Morgan fingerprint density at radius 3 is 2.94 bits per heavy atom. The number of halogens is 1. The molecule has 1 saturated heterocycles. The van der Waals surface area contributed by atoms with Crippen LogP contribution in [0.4, 0.5) is 10.1 Å². The molecule has 0 unspecified atom stereocenters. The number of hydrogen-bond acceptors (Lipinski definition) is 3. The molecular weight excluding hydrogens is 251 g/mol. The molecule has 0 bridgehead atoms. The van der Waals surface area contributed by atoms with E-state index in [1.807, 2.05) is 13.8 Å². The Hall–Kier alpha value is -1.36. The van der Waals surface area contributed by atoms with Gasteiger partial charge in [-0.2, -0.15) is 0 Å². The number of carbonyl (C=O) groups excluding carboxylic acids is 1. The molecule has 96 valence electrons. The molecule has 1 aliphatic rings. The van der Waals surface area contributed by atoms with Crippen molar-refractivity contribution < 1.29 is 9.18 Å². The van der Waals surface area contributed by atoms with Gasteiger partial charge < -0.3 is 0 Å². The second-order valence-corrected chi connectivity index (χ2v) is 5.27. The fourth-order valence-corrected chi connectivity index (χ4v) is 2.71. The molecule has 1 aromatic rings. The van der Waals surface area contributed by atoms with Crippen LogP contribution >= 0.6 is 11.8 Å². The Kier molecular flexibility index (Phi) is 4.01. The first-order valence-corrected chi connectivity index (χ1v) is 6.79. The van der Waals surface area contributed by atoms with Gasteiger partial charge in [0, 0.05) is 6.04 Å². The predicted octanol–water partition coefficient (Wildman–Crippen LogP) is 3.00. The highest BCUT2D eigenvalue weighted by atomic mass is 32.2. The minimum atomic E-state index is -0.528. The summed E-state index contributed by atoms with van der Waals surface area (Å²) in [5, 5.41) is 0.700. The first-order valence-electron chi connectivity index (χ1n) is 5.80. The first-order chi connectivity index (χ1) is 8.61. The van der Waals surface area contributed by atoms with E-state index in [2.05, 4.69) is 4.99 Å². The summed E-state index contributed by atoms with van der Waals surface area (Å²) >= 11 is 1.43. The van der Waals surface area contributed by atoms with Crippen molar-refractivity contribution in [1.82, 2.24) is 0 Å². The lowest BCUT2D eigenvalue weighted by atomic mass is 10.2. The number of hydrogen-bond donors (Lipinski definition) is 0. The second-order valence-electron chi connectivity index (χ2n) is 4.33. The van der Waals surface area contributed by atoms with Crippen molar-refractivity contribution in [3.05, 3.63) is 29.8 Å². The molecule has 0 radical (unpaired) electrons. The summed E-state index contributed by atoms with van der Waals surface area (Å²) in [5.41, 5.74) is 1.26. The lowest BCUT2D eigenvalue weighted by Gasteiger charge is -2.17. The van der Waals surface area contributed by atoms with Gasteiger partial charge in [0.15, 0.2) is 5.17 Å². The van der Waals surface area contributed by atoms with Crippen LogP contribution in [0.2, 0.25) is 0 Å². The van der Waals surface area contributed by atoms with Gasteiger partial charge in [0.05, 0.1) is 11.4 Å². The molecule has 0 spiro atoms. The maximum atomic E-state index is 12.7. The zero-order valence-corrected chi connectivity index (χ0v) is 11.2. The van der Waals surface area contributed by atoms with Crippen LogP contribution < -0.4 is 4.90 Å². The number of alkyl halides is 1. The summed E-state index contributed by atoms with van der Waals surface area (Å²) in [4.78, 5) is 17.9. The summed E-state index contributed by atoms with van der Waals surface area (Å²) in [5.74, 6) is 0.390. The smallest absolute Gasteiger partial charge is 0.243 e. The number of anilines is 1. The fourth-order valence-electron chi connectivity index (χ4n) is 1.71. The SMILES string of the molecule is CC(C)/N=C1\SCC(=O)N1c1cccc(CF)c1. The minimum Gasteiger partial charge on any atom is -0.273 e. The third-order valence-corrected chi connectivity index (χ3v) is 3.39. The molecule has 18 heavy (non-hydrogen) atoms. The molecule has 0 saturated carbocycles. The monoisotopic (exact) mass is 266 g/mol. The Balaban J connectivity index is 2.36. The van der Waals surface area contributed by atoms with Crippen LogP contribution in [0.5, 0.6) is 0 Å². The molecule has 0 aromatic heterocycles. The van der Waals surface area contributed by atoms with Crippen LogP contribution in [0.15, 0.2) is 29.3 Å². The zero-order valence-electron chi connectivity index (χ0n) is 10.4. The quantitative estimate of drug-likeness (QED) is 0.842.